The van der Waals surface area contributed by atoms with Crippen LogP contribution < -0.4 is 5.32 Å². The first-order chi connectivity index (χ1) is 6.93. The van der Waals surface area contributed by atoms with E-state index in [9.17, 15) is 13.6 Å². The first-order valence-corrected chi connectivity index (χ1v) is 4.69. The summed E-state index contributed by atoms with van der Waals surface area (Å²) in [4.78, 5) is 11.4. The number of rotatable bonds is 2. The topological polar surface area (TPSA) is 29.1 Å². The van der Waals surface area contributed by atoms with Crippen LogP contribution in [0.1, 0.15) is 29.8 Å². The van der Waals surface area contributed by atoms with Crippen molar-refractivity contribution in [3.8, 4) is 0 Å². The normalized spacial score (nSPS) is 10.5. The third-order valence-corrected chi connectivity index (χ3v) is 1.94. The summed E-state index contributed by atoms with van der Waals surface area (Å²) >= 11 is 0. The Hall–Kier alpha value is -1.45. The fraction of sp³-hybridized carbons (Fsp3) is 0.364. The van der Waals surface area contributed by atoms with Crippen molar-refractivity contribution < 1.29 is 13.6 Å². The predicted molar refractivity (Wildman–Crippen MR) is 53.7 cm³/mol. The van der Waals surface area contributed by atoms with Gasteiger partial charge in [0.1, 0.15) is 0 Å². The Morgan fingerprint density at radius 2 is 1.87 bits per heavy atom. The van der Waals surface area contributed by atoms with Gasteiger partial charge < -0.3 is 5.32 Å². The maximum atomic E-state index is 13.3. The van der Waals surface area contributed by atoms with E-state index in [1.165, 1.54) is 19.1 Å². The molecule has 0 saturated heterocycles. The van der Waals surface area contributed by atoms with Crippen LogP contribution in [0.3, 0.4) is 0 Å². The largest absolute Gasteiger partial charge is 0.350 e. The monoisotopic (exact) mass is 213 g/mol. The molecule has 4 heteroatoms. The lowest BCUT2D eigenvalue weighted by molar-refractivity contribution is 0.0938. The summed E-state index contributed by atoms with van der Waals surface area (Å²) < 4.78 is 26.5. The highest BCUT2D eigenvalue weighted by Crippen LogP contribution is 2.15. The van der Waals surface area contributed by atoms with Gasteiger partial charge in [0.15, 0.2) is 11.6 Å². The number of halogens is 2. The summed E-state index contributed by atoms with van der Waals surface area (Å²) in [5.74, 6) is -2.65. The molecule has 0 radical (unpaired) electrons. The lowest BCUT2D eigenvalue weighted by atomic mass is 10.1. The van der Waals surface area contributed by atoms with Crippen LogP contribution in [-0.4, -0.2) is 11.9 Å². The molecule has 1 aromatic rings. The van der Waals surface area contributed by atoms with Gasteiger partial charge in [-0.05, 0) is 32.4 Å². The molecule has 82 valence electrons. The van der Waals surface area contributed by atoms with E-state index in [4.69, 9.17) is 0 Å². The highest BCUT2D eigenvalue weighted by atomic mass is 19.2. The molecular weight excluding hydrogens is 200 g/mol. The fourth-order valence-corrected chi connectivity index (χ4v) is 1.16. The summed E-state index contributed by atoms with van der Waals surface area (Å²) in [5.41, 5.74) is -0.0691. The minimum Gasteiger partial charge on any atom is -0.350 e. The minimum absolute atomic E-state index is 0.110. The molecule has 15 heavy (non-hydrogen) atoms. The van der Waals surface area contributed by atoms with E-state index in [-0.39, 0.29) is 17.2 Å². The molecule has 0 unspecified atom stereocenters. The molecule has 0 aliphatic heterocycles. The minimum atomic E-state index is -1.09. The SMILES string of the molecule is Cc1ccc(C(=O)NC(C)C)c(F)c1F. The van der Waals surface area contributed by atoms with E-state index in [0.29, 0.717) is 0 Å². The van der Waals surface area contributed by atoms with Crippen LogP contribution in [0.5, 0.6) is 0 Å². The Bertz CT molecular complexity index is 388. The quantitative estimate of drug-likeness (QED) is 0.803. The second kappa shape index (κ2) is 4.38. The summed E-state index contributed by atoms with van der Waals surface area (Å²) in [5, 5.41) is 2.50. The Morgan fingerprint density at radius 1 is 1.27 bits per heavy atom. The van der Waals surface area contributed by atoms with Crippen molar-refractivity contribution in [2.24, 2.45) is 0 Å². The highest BCUT2D eigenvalue weighted by Gasteiger charge is 2.17. The van der Waals surface area contributed by atoms with Crippen molar-refractivity contribution in [2.45, 2.75) is 26.8 Å². The van der Waals surface area contributed by atoms with Gasteiger partial charge in [-0.25, -0.2) is 8.78 Å². The van der Waals surface area contributed by atoms with E-state index >= 15 is 0 Å². The van der Waals surface area contributed by atoms with E-state index < -0.39 is 17.5 Å². The lowest BCUT2D eigenvalue weighted by Gasteiger charge is -2.09. The lowest BCUT2D eigenvalue weighted by Crippen LogP contribution is -2.31. The predicted octanol–water partition coefficient (Wildman–Crippen LogP) is 2.41. The van der Waals surface area contributed by atoms with Gasteiger partial charge in [0.2, 0.25) is 0 Å². The Kier molecular flexibility index (Phi) is 3.39. The average molecular weight is 213 g/mol. The van der Waals surface area contributed by atoms with Crippen molar-refractivity contribution >= 4 is 5.91 Å². The van der Waals surface area contributed by atoms with Gasteiger partial charge in [-0.2, -0.15) is 0 Å². The Labute approximate surface area is 87.3 Å². The zero-order chi connectivity index (χ0) is 11.6. The molecule has 0 spiro atoms. The van der Waals surface area contributed by atoms with Gasteiger partial charge in [0, 0.05) is 6.04 Å². The molecule has 2 nitrogen and oxygen atoms in total. The maximum absolute atomic E-state index is 13.3. The van der Waals surface area contributed by atoms with Gasteiger partial charge in [-0.1, -0.05) is 6.07 Å². The van der Waals surface area contributed by atoms with Crippen LogP contribution in [0.4, 0.5) is 8.78 Å². The number of amides is 1. The highest BCUT2D eigenvalue weighted by molar-refractivity contribution is 5.94. The number of nitrogens with one attached hydrogen (secondary N) is 1. The van der Waals surface area contributed by atoms with Gasteiger partial charge in [0.25, 0.3) is 5.91 Å². The summed E-state index contributed by atoms with van der Waals surface area (Å²) in [6.45, 7) is 4.95. The molecule has 1 rings (SSSR count). The standard InChI is InChI=1S/C11H13F2NO/c1-6(2)14-11(15)8-5-4-7(3)9(12)10(8)13/h4-6H,1-3H3,(H,14,15). The van der Waals surface area contributed by atoms with E-state index in [0.717, 1.165) is 0 Å². The van der Waals surface area contributed by atoms with Gasteiger partial charge in [0.05, 0.1) is 5.56 Å². The Balaban J connectivity index is 3.06. The Morgan fingerprint density at radius 3 is 2.40 bits per heavy atom. The number of carbonyl (C=O) groups excluding carboxylic acids is 1. The zero-order valence-corrected chi connectivity index (χ0v) is 8.90. The molecule has 1 aromatic carbocycles. The molecule has 1 amide bonds. The van der Waals surface area contributed by atoms with Crippen molar-refractivity contribution in [1.29, 1.82) is 0 Å². The third-order valence-electron chi connectivity index (χ3n) is 1.94. The number of benzene rings is 1. The van der Waals surface area contributed by atoms with Crippen LogP contribution in [0.25, 0.3) is 0 Å². The molecule has 0 heterocycles. The van der Waals surface area contributed by atoms with E-state index in [1.807, 2.05) is 0 Å². The van der Waals surface area contributed by atoms with Gasteiger partial charge >= 0.3 is 0 Å². The van der Waals surface area contributed by atoms with Crippen molar-refractivity contribution in [1.82, 2.24) is 5.32 Å². The number of hydrogen-bond donors (Lipinski definition) is 1. The molecule has 0 saturated carbocycles. The molecule has 0 bridgehead atoms. The van der Waals surface area contributed by atoms with Crippen LogP contribution >= 0.6 is 0 Å². The fourth-order valence-electron chi connectivity index (χ4n) is 1.16. The molecular formula is C11H13F2NO. The maximum Gasteiger partial charge on any atom is 0.254 e. The molecule has 0 aliphatic carbocycles. The first kappa shape index (κ1) is 11.6. The van der Waals surface area contributed by atoms with Crippen LogP contribution in [0, 0.1) is 18.6 Å². The second-order valence-electron chi connectivity index (χ2n) is 3.69. The summed E-state index contributed by atoms with van der Waals surface area (Å²) in [6.07, 6.45) is 0. The van der Waals surface area contributed by atoms with Gasteiger partial charge in [-0.15, -0.1) is 0 Å². The summed E-state index contributed by atoms with van der Waals surface area (Å²) in [6, 6.07) is 2.56. The number of hydrogen-bond acceptors (Lipinski definition) is 1. The van der Waals surface area contributed by atoms with E-state index in [1.54, 1.807) is 13.8 Å². The number of aryl methyl sites for hydroxylation is 1. The van der Waals surface area contributed by atoms with Crippen molar-refractivity contribution in [3.05, 3.63) is 34.9 Å². The van der Waals surface area contributed by atoms with Gasteiger partial charge in [-0.3, -0.25) is 4.79 Å². The second-order valence-corrected chi connectivity index (χ2v) is 3.69. The molecule has 0 aromatic heterocycles. The molecule has 1 N–H and O–H groups in total. The average Bonchev–Trinajstić information content (AvgIpc) is 2.13. The van der Waals surface area contributed by atoms with Crippen LogP contribution in [-0.2, 0) is 0 Å². The molecule has 0 atom stereocenters. The molecule has 0 fully saturated rings. The molecule has 0 aliphatic rings. The first-order valence-electron chi connectivity index (χ1n) is 4.69. The van der Waals surface area contributed by atoms with Crippen LogP contribution in [0.2, 0.25) is 0 Å². The van der Waals surface area contributed by atoms with Crippen molar-refractivity contribution in [3.63, 3.8) is 0 Å². The van der Waals surface area contributed by atoms with Crippen LogP contribution in [0.15, 0.2) is 12.1 Å². The van der Waals surface area contributed by atoms with E-state index in [2.05, 4.69) is 5.32 Å². The third kappa shape index (κ3) is 2.52. The number of carbonyl (C=O) groups is 1. The van der Waals surface area contributed by atoms with Crippen molar-refractivity contribution in [2.75, 3.05) is 0 Å². The summed E-state index contributed by atoms with van der Waals surface area (Å²) in [7, 11) is 0. The zero-order valence-electron chi connectivity index (χ0n) is 8.90. The smallest absolute Gasteiger partial charge is 0.254 e.